The lowest BCUT2D eigenvalue weighted by Crippen LogP contribution is -2.58. The third kappa shape index (κ3) is 5.90. The standard InChI is InChI=1S/C27H35N5O4/c33-26-22-9-14-32(27(34)30-21-5-6-24-25(17-21)36-16-15-35-24)19-23(22)31(13-4-2-1-3-10-29-26)18-20-7-11-28-12-8-20/h5-8,11-12,17,22-23H,1-4,9-10,13-16,18-19H2,(H,29,33)(H,30,34)/t22-,23-/m1/s1. The minimum absolute atomic E-state index is 0.0592. The highest BCUT2D eigenvalue weighted by Crippen LogP contribution is 2.33. The second-order valence-corrected chi connectivity index (χ2v) is 9.73. The Labute approximate surface area is 212 Å². The van der Waals surface area contributed by atoms with Gasteiger partial charge < -0.3 is 25.0 Å². The van der Waals surface area contributed by atoms with Crippen LogP contribution in [-0.4, -0.2) is 72.2 Å². The Morgan fingerprint density at radius 2 is 1.83 bits per heavy atom. The van der Waals surface area contributed by atoms with Crippen LogP contribution in [0.1, 0.15) is 37.7 Å². The summed E-state index contributed by atoms with van der Waals surface area (Å²) in [4.78, 5) is 34.9. The smallest absolute Gasteiger partial charge is 0.321 e. The first-order valence-corrected chi connectivity index (χ1v) is 13.0. The van der Waals surface area contributed by atoms with Crippen molar-refractivity contribution in [2.75, 3.05) is 44.7 Å². The highest BCUT2D eigenvalue weighted by Gasteiger charge is 2.39. The molecule has 3 aliphatic heterocycles. The van der Waals surface area contributed by atoms with Gasteiger partial charge in [-0.05, 0) is 55.6 Å². The topological polar surface area (TPSA) is 96.0 Å². The van der Waals surface area contributed by atoms with Crippen LogP contribution in [0.5, 0.6) is 11.5 Å². The van der Waals surface area contributed by atoms with Crippen LogP contribution >= 0.6 is 0 Å². The molecule has 3 amide bonds. The number of piperidine rings is 1. The molecular formula is C27H35N5O4. The number of anilines is 1. The summed E-state index contributed by atoms with van der Waals surface area (Å²) in [6.45, 7) is 4.41. The first-order chi connectivity index (χ1) is 17.7. The van der Waals surface area contributed by atoms with Gasteiger partial charge in [0.2, 0.25) is 5.91 Å². The number of carbonyl (C=O) groups is 2. The highest BCUT2D eigenvalue weighted by atomic mass is 16.6. The summed E-state index contributed by atoms with van der Waals surface area (Å²) in [5, 5.41) is 6.17. The second-order valence-electron chi connectivity index (χ2n) is 9.73. The van der Waals surface area contributed by atoms with Gasteiger partial charge in [-0.3, -0.25) is 14.7 Å². The number of hydrogen-bond donors (Lipinski definition) is 2. The molecule has 2 saturated heterocycles. The molecule has 2 N–H and O–H groups in total. The van der Waals surface area contributed by atoms with Crippen LogP contribution in [0.2, 0.25) is 0 Å². The number of rotatable bonds is 3. The number of likely N-dealkylation sites (tertiary alicyclic amines) is 1. The van der Waals surface area contributed by atoms with Crippen molar-refractivity contribution in [3.8, 4) is 11.5 Å². The zero-order valence-electron chi connectivity index (χ0n) is 20.7. The van der Waals surface area contributed by atoms with Gasteiger partial charge in [0, 0.05) is 56.4 Å². The molecule has 9 nitrogen and oxygen atoms in total. The van der Waals surface area contributed by atoms with Crippen LogP contribution in [0.25, 0.3) is 0 Å². The number of nitrogens with zero attached hydrogens (tertiary/aromatic N) is 3. The molecule has 2 fully saturated rings. The number of pyridine rings is 1. The van der Waals surface area contributed by atoms with Crippen LogP contribution in [-0.2, 0) is 11.3 Å². The SMILES string of the molecule is O=C1NCCCCCCN(Cc2ccncc2)[C@@H]2CN(C(=O)Nc3ccc4c(c3)OCCO4)CC[C@@H]12. The fraction of sp³-hybridized carbons (Fsp3) is 0.519. The van der Waals surface area contributed by atoms with Crippen LogP contribution in [0.3, 0.4) is 0 Å². The van der Waals surface area contributed by atoms with E-state index in [2.05, 4.69) is 20.5 Å². The Hall–Kier alpha value is -3.33. The van der Waals surface area contributed by atoms with Crippen molar-refractivity contribution < 1.29 is 19.1 Å². The zero-order valence-corrected chi connectivity index (χ0v) is 20.7. The van der Waals surface area contributed by atoms with Gasteiger partial charge in [-0.2, -0.15) is 0 Å². The monoisotopic (exact) mass is 493 g/mol. The number of benzene rings is 1. The van der Waals surface area contributed by atoms with Gasteiger partial charge >= 0.3 is 6.03 Å². The lowest BCUT2D eigenvalue weighted by molar-refractivity contribution is -0.129. The van der Waals surface area contributed by atoms with Crippen molar-refractivity contribution in [1.82, 2.24) is 20.1 Å². The largest absolute Gasteiger partial charge is 0.486 e. The van der Waals surface area contributed by atoms with E-state index in [0.29, 0.717) is 49.9 Å². The maximum absolute atomic E-state index is 13.3. The molecule has 192 valence electrons. The maximum Gasteiger partial charge on any atom is 0.321 e. The first-order valence-electron chi connectivity index (χ1n) is 13.0. The first kappa shape index (κ1) is 24.4. The average molecular weight is 494 g/mol. The van der Waals surface area contributed by atoms with Gasteiger partial charge in [0.05, 0.1) is 5.92 Å². The molecule has 0 unspecified atom stereocenters. The third-order valence-electron chi connectivity index (χ3n) is 7.27. The Morgan fingerprint density at radius 3 is 2.69 bits per heavy atom. The molecule has 0 aliphatic carbocycles. The Balaban J connectivity index is 1.33. The number of ether oxygens (including phenoxy) is 2. The minimum Gasteiger partial charge on any atom is -0.486 e. The molecule has 1 aromatic carbocycles. The maximum atomic E-state index is 13.3. The quantitative estimate of drug-likeness (QED) is 0.682. The molecule has 4 heterocycles. The van der Waals surface area contributed by atoms with Crippen molar-refractivity contribution >= 4 is 17.6 Å². The number of aromatic nitrogens is 1. The summed E-state index contributed by atoms with van der Waals surface area (Å²) in [5.74, 6) is 1.29. The normalized spacial score (nSPS) is 23.1. The van der Waals surface area contributed by atoms with Crippen molar-refractivity contribution in [3.63, 3.8) is 0 Å². The number of fused-ring (bicyclic) bond motifs is 2. The van der Waals surface area contributed by atoms with E-state index in [1.54, 1.807) is 18.5 Å². The Morgan fingerprint density at radius 1 is 1.03 bits per heavy atom. The lowest BCUT2D eigenvalue weighted by atomic mass is 9.89. The van der Waals surface area contributed by atoms with E-state index in [-0.39, 0.29) is 23.9 Å². The minimum atomic E-state index is -0.163. The highest BCUT2D eigenvalue weighted by molar-refractivity contribution is 5.90. The fourth-order valence-corrected chi connectivity index (χ4v) is 5.34. The van der Waals surface area contributed by atoms with Crippen molar-refractivity contribution in [1.29, 1.82) is 0 Å². The van der Waals surface area contributed by atoms with E-state index in [1.165, 1.54) is 0 Å². The molecule has 5 rings (SSSR count). The molecule has 0 radical (unpaired) electrons. The molecule has 36 heavy (non-hydrogen) atoms. The number of urea groups is 1. The van der Waals surface area contributed by atoms with Gasteiger partial charge in [-0.1, -0.05) is 12.8 Å². The van der Waals surface area contributed by atoms with Crippen molar-refractivity contribution in [3.05, 3.63) is 48.3 Å². The molecule has 2 atom stereocenters. The van der Waals surface area contributed by atoms with E-state index in [4.69, 9.17) is 9.47 Å². The van der Waals surface area contributed by atoms with Crippen LogP contribution in [0, 0.1) is 5.92 Å². The van der Waals surface area contributed by atoms with Crippen LogP contribution < -0.4 is 20.1 Å². The number of nitrogens with one attached hydrogen (secondary N) is 2. The van der Waals surface area contributed by atoms with Crippen molar-refractivity contribution in [2.45, 2.75) is 44.7 Å². The second kappa shape index (κ2) is 11.6. The summed E-state index contributed by atoms with van der Waals surface area (Å²) in [5.41, 5.74) is 1.83. The lowest BCUT2D eigenvalue weighted by Gasteiger charge is -2.43. The zero-order chi connectivity index (χ0) is 24.7. The van der Waals surface area contributed by atoms with Gasteiger partial charge in [-0.15, -0.1) is 0 Å². The number of carbonyl (C=O) groups excluding carboxylic acids is 2. The van der Waals surface area contributed by atoms with E-state index in [0.717, 1.165) is 50.9 Å². The van der Waals surface area contributed by atoms with E-state index in [9.17, 15) is 9.59 Å². The Kier molecular flexibility index (Phi) is 7.85. The van der Waals surface area contributed by atoms with E-state index >= 15 is 0 Å². The number of hydrogen-bond acceptors (Lipinski definition) is 6. The predicted molar refractivity (Wildman–Crippen MR) is 136 cm³/mol. The van der Waals surface area contributed by atoms with Gasteiger partial charge in [-0.25, -0.2) is 4.79 Å². The van der Waals surface area contributed by atoms with Crippen LogP contribution in [0.4, 0.5) is 10.5 Å². The van der Waals surface area contributed by atoms with E-state index < -0.39 is 0 Å². The predicted octanol–water partition coefficient (Wildman–Crippen LogP) is 3.27. The van der Waals surface area contributed by atoms with Gasteiger partial charge in [0.1, 0.15) is 13.2 Å². The summed E-state index contributed by atoms with van der Waals surface area (Å²) in [7, 11) is 0. The molecule has 9 heteroatoms. The third-order valence-corrected chi connectivity index (χ3v) is 7.27. The fourth-order valence-electron chi connectivity index (χ4n) is 5.34. The van der Waals surface area contributed by atoms with Gasteiger partial charge in [0.25, 0.3) is 0 Å². The number of amides is 3. The van der Waals surface area contributed by atoms with Gasteiger partial charge in [0.15, 0.2) is 11.5 Å². The van der Waals surface area contributed by atoms with Crippen LogP contribution in [0.15, 0.2) is 42.7 Å². The summed E-state index contributed by atoms with van der Waals surface area (Å²) < 4.78 is 11.2. The summed E-state index contributed by atoms with van der Waals surface area (Å²) in [6.07, 6.45) is 8.58. The average Bonchev–Trinajstić information content (AvgIpc) is 2.94. The molecule has 3 aliphatic rings. The Bertz CT molecular complexity index is 1050. The molecular weight excluding hydrogens is 458 g/mol. The molecule has 1 aromatic heterocycles. The van der Waals surface area contributed by atoms with E-state index in [1.807, 2.05) is 29.2 Å². The van der Waals surface area contributed by atoms with Crippen molar-refractivity contribution in [2.24, 2.45) is 5.92 Å². The molecule has 0 spiro atoms. The summed E-state index contributed by atoms with van der Waals surface area (Å²) in [6, 6.07) is 9.27. The molecule has 0 saturated carbocycles. The summed E-state index contributed by atoms with van der Waals surface area (Å²) >= 11 is 0. The molecule has 0 bridgehead atoms. The molecule has 2 aromatic rings.